The first kappa shape index (κ1) is 17.9. The van der Waals surface area contributed by atoms with Crippen molar-refractivity contribution in [2.24, 2.45) is 0 Å². The van der Waals surface area contributed by atoms with Gasteiger partial charge >= 0.3 is 16.9 Å². The van der Waals surface area contributed by atoms with Crippen LogP contribution in [0.5, 0.6) is 0 Å². The van der Waals surface area contributed by atoms with E-state index in [0.29, 0.717) is 11.3 Å². The van der Waals surface area contributed by atoms with Crippen molar-refractivity contribution in [2.75, 3.05) is 0 Å². The van der Waals surface area contributed by atoms with Crippen LogP contribution in [0.4, 0.5) is 5.69 Å². The molecule has 4 rings (SSSR count). The molecule has 0 saturated heterocycles. The highest BCUT2D eigenvalue weighted by molar-refractivity contribution is 6.21. The summed E-state index contributed by atoms with van der Waals surface area (Å²) in [5.74, 6) is -0.304. The third-order valence-electron chi connectivity index (χ3n) is 4.19. The van der Waals surface area contributed by atoms with Crippen LogP contribution in [-0.2, 0) is 0 Å². The average molecular weight is 394 g/mol. The van der Waals surface area contributed by atoms with Crippen LogP contribution in [0.1, 0.15) is 32.2 Å². The van der Waals surface area contributed by atoms with Crippen LogP contribution in [-0.4, -0.2) is 26.7 Å². The standard InChI is InChI=1S/C18H10N4O7/c23-15-10-4-1-8(7-11(10)16(24)20-15)13-6-3-9(29-13)2-5-12-14(22(27)28)17(25)21-18(26)19-12/h1-7H,(H,20,23,24)(H2,19,21,25,26). The highest BCUT2D eigenvalue weighted by Gasteiger charge is 2.27. The van der Waals surface area contributed by atoms with Crippen molar-refractivity contribution in [3.8, 4) is 11.3 Å². The Balaban J connectivity index is 1.67. The Bertz CT molecular complexity index is 1340. The number of benzene rings is 1. The fourth-order valence-electron chi connectivity index (χ4n) is 2.88. The molecule has 0 fully saturated rings. The molecule has 0 aliphatic carbocycles. The number of imide groups is 1. The fourth-order valence-corrected chi connectivity index (χ4v) is 2.88. The van der Waals surface area contributed by atoms with Crippen molar-refractivity contribution in [1.29, 1.82) is 0 Å². The molecule has 144 valence electrons. The van der Waals surface area contributed by atoms with Crippen LogP contribution in [0.15, 0.2) is 44.3 Å². The number of nitrogens with one attached hydrogen (secondary N) is 3. The zero-order chi connectivity index (χ0) is 20.7. The van der Waals surface area contributed by atoms with Crippen molar-refractivity contribution < 1.29 is 18.9 Å². The summed E-state index contributed by atoms with van der Waals surface area (Å²) in [5, 5.41) is 13.2. The summed E-state index contributed by atoms with van der Waals surface area (Å²) in [4.78, 5) is 60.5. The van der Waals surface area contributed by atoms with E-state index >= 15 is 0 Å². The molecular formula is C18H10N4O7. The molecule has 0 saturated carbocycles. The maximum atomic E-state index is 11.8. The molecule has 2 amide bonds. The predicted molar refractivity (Wildman–Crippen MR) is 99.2 cm³/mol. The number of aromatic nitrogens is 2. The van der Waals surface area contributed by atoms with E-state index in [4.69, 9.17) is 4.42 Å². The zero-order valence-electron chi connectivity index (χ0n) is 14.3. The second-order valence-electron chi connectivity index (χ2n) is 6.01. The Labute approximate surface area is 159 Å². The van der Waals surface area contributed by atoms with Crippen LogP contribution in [0.3, 0.4) is 0 Å². The van der Waals surface area contributed by atoms with Gasteiger partial charge in [-0.05, 0) is 36.4 Å². The molecule has 1 aliphatic rings. The molecule has 2 aromatic heterocycles. The number of carbonyl (C=O) groups excluding carboxylic acids is 2. The van der Waals surface area contributed by atoms with Gasteiger partial charge in [0.2, 0.25) is 0 Å². The summed E-state index contributed by atoms with van der Waals surface area (Å²) < 4.78 is 5.62. The van der Waals surface area contributed by atoms with Gasteiger partial charge in [0.05, 0.1) is 16.1 Å². The van der Waals surface area contributed by atoms with Gasteiger partial charge in [-0.1, -0.05) is 6.07 Å². The summed E-state index contributed by atoms with van der Waals surface area (Å²) in [6, 6.07) is 7.79. The van der Waals surface area contributed by atoms with Crippen LogP contribution in [0, 0.1) is 10.1 Å². The quantitative estimate of drug-likeness (QED) is 0.340. The number of nitrogens with zero attached hydrogens (tertiary/aromatic N) is 1. The van der Waals surface area contributed by atoms with Gasteiger partial charge < -0.3 is 9.40 Å². The van der Waals surface area contributed by atoms with Crippen molar-refractivity contribution in [3.63, 3.8) is 0 Å². The normalized spacial score (nSPS) is 13.0. The van der Waals surface area contributed by atoms with Crippen LogP contribution < -0.4 is 16.6 Å². The summed E-state index contributed by atoms with van der Waals surface area (Å²) in [7, 11) is 0. The van der Waals surface area contributed by atoms with E-state index in [1.807, 2.05) is 0 Å². The minimum atomic E-state index is -1.12. The highest BCUT2D eigenvalue weighted by Crippen LogP contribution is 2.27. The maximum absolute atomic E-state index is 11.8. The molecule has 3 heterocycles. The first-order valence-electron chi connectivity index (χ1n) is 8.12. The van der Waals surface area contributed by atoms with E-state index in [2.05, 4.69) is 10.3 Å². The summed E-state index contributed by atoms with van der Waals surface area (Å²) in [5.41, 5.74) is -2.04. The summed E-state index contributed by atoms with van der Waals surface area (Å²) in [6.07, 6.45) is 2.51. The molecule has 29 heavy (non-hydrogen) atoms. The zero-order valence-corrected chi connectivity index (χ0v) is 14.3. The number of rotatable bonds is 4. The van der Waals surface area contributed by atoms with Gasteiger partial charge in [-0.3, -0.25) is 34.8 Å². The molecule has 0 radical (unpaired) electrons. The number of aromatic amines is 2. The molecule has 0 bridgehead atoms. The van der Waals surface area contributed by atoms with Gasteiger partial charge in [0.1, 0.15) is 17.2 Å². The number of fused-ring (bicyclic) bond motifs is 1. The third-order valence-corrected chi connectivity index (χ3v) is 4.19. The fraction of sp³-hybridized carbons (Fsp3) is 0. The Morgan fingerprint density at radius 3 is 2.45 bits per heavy atom. The number of nitro groups is 1. The Kier molecular flexibility index (Phi) is 4.04. The van der Waals surface area contributed by atoms with Crippen molar-refractivity contribution >= 4 is 29.7 Å². The first-order valence-corrected chi connectivity index (χ1v) is 8.12. The molecule has 0 atom stereocenters. The molecule has 1 aliphatic heterocycles. The average Bonchev–Trinajstić information content (AvgIpc) is 3.24. The monoisotopic (exact) mass is 394 g/mol. The molecule has 11 heteroatoms. The van der Waals surface area contributed by atoms with Crippen molar-refractivity contribution in [3.05, 3.63) is 83.9 Å². The largest absolute Gasteiger partial charge is 0.457 e. The Morgan fingerprint density at radius 1 is 0.931 bits per heavy atom. The number of furan rings is 1. The van der Waals surface area contributed by atoms with Crippen molar-refractivity contribution in [1.82, 2.24) is 15.3 Å². The number of amides is 2. The van der Waals surface area contributed by atoms with Gasteiger partial charge in [0.25, 0.3) is 11.8 Å². The number of H-pyrrole nitrogens is 2. The second-order valence-corrected chi connectivity index (χ2v) is 6.01. The van der Waals surface area contributed by atoms with Gasteiger partial charge in [-0.25, -0.2) is 4.79 Å². The highest BCUT2D eigenvalue weighted by atomic mass is 16.6. The lowest BCUT2D eigenvalue weighted by Crippen LogP contribution is -2.25. The molecule has 3 N–H and O–H groups in total. The molecule has 0 spiro atoms. The number of hydrogen-bond acceptors (Lipinski definition) is 7. The van der Waals surface area contributed by atoms with Gasteiger partial charge in [0.15, 0.2) is 0 Å². The second kappa shape index (κ2) is 6.56. The van der Waals surface area contributed by atoms with E-state index in [0.717, 1.165) is 0 Å². The molecule has 0 unspecified atom stereocenters. The Morgan fingerprint density at radius 2 is 1.69 bits per heavy atom. The molecule has 11 nitrogen and oxygen atoms in total. The lowest BCUT2D eigenvalue weighted by Gasteiger charge is -1.99. The summed E-state index contributed by atoms with van der Waals surface area (Å²) >= 11 is 0. The van der Waals surface area contributed by atoms with Crippen LogP contribution in [0.2, 0.25) is 0 Å². The molecule has 3 aromatic rings. The SMILES string of the molecule is O=C1NC(=O)c2cc(-c3ccc(C=Cc4[nH]c(=O)[nH]c(=O)c4[N+](=O)[O-])o3)ccc21. The van der Waals surface area contributed by atoms with E-state index < -0.39 is 33.7 Å². The predicted octanol–water partition coefficient (Wildman–Crippen LogP) is 1.29. The van der Waals surface area contributed by atoms with Gasteiger partial charge in [-0.2, -0.15) is 0 Å². The van der Waals surface area contributed by atoms with E-state index in [-0.39, 0.29) is 22.6 Å². The first-order chi connectivity index (χ1) is 13.8. The maximum Gasteiger partial charge on any atom is 0.357 e. The van der Waals surface area contributed by atoms with E-state index in [1.54, 1.807) is 23.2 Å². The number of carbonyl (C=O) groups is 2. The van der Waals surface area contributed by atoms with Crippen molar-refractivity contribution in [2.45, 2.75) is 0 Å². The smallest absolute Gasteiger partial charge is 0.357 e. The van der Waals surface area contributed by atoms with Gasteiger partial charge in [0, 0.05) is 5.56 Å². The summed E-state index contributed by atoms with van der Waals surface area (Å²) in [6.45, 7) is 0. The van der Waals surface area contributed by atoms with E-state index in [1.165, 1.54) is 24.3 Å². The third kappa shape index (κ3) is 3.16. The molecule has 1 aromatic carbocycles. The lowest BCUT2D eigenvalue weighted by molar-refractivity contribution is -0.386. The lowest BCUT2D eigenvalue weighted by atomic mass is 10.0. The van der Waals surface area contributed by atoms with Gasteiger partial charge in [-0.15, -0.1) is 0 Å². The van der Waals surface area contributed by atoms with Crippen LogP contribution >= 0.6 is 0 Å². The minimum absolute atomic E-state index is 0.234. The topological polar surface area (TPSA) is 168 Å². The minimum Gasteiger partial charge on any atom is -0.457 e. The number of hydrogen-bond donors (Lipinski definition) is 3. The van der Waals surface area contributed by atoms with E-state index in [9.17, 15) is 29.3 Å². The van der Waals surface area contributed by atoms with Crippen LogP contribution in [0.25, 0.3) is 23.5 Å². The Hall–Kier alpha value is -4.54. The molecular weight excluding hydrogens is 384 g/mol.